The maximum Gasteiger partial charge on any atom is 0.251 e. The second-order valence-corrected chi connectivity index (χ2v) is 7.66. The van der Waals surface area contributed by atoms with E-state index in [2.05, 4.69) is 32.9 Å². The molecule has 0 fully saturated rings. The smallest absolute Gasteiger partial charge is 0.251 e. The molecule has 1 aromatic heterocycles. The standard InChI is InChI=1S/C20H29N5OS/c1-6-14(2)23-19(26)17-9-7-16(8-10-17)11-22-20(21-4)25(5)12-18-13-27-15(3)24-18/h7-10,13-14H,6,11-12H2,1-5H3,(H,21,22)(H,23,26). The molecule has 2 rings (SSSR count). The SMILES string of the molecule is CCC(C)NC(=O)c1ccc(CNC(=NC)N(C)Cc2csc(C)n2)cc1. The van der Waals surface area contributed by atoms with Gasteiger partial charge in [-0.15, -0.1) is 11.3 Å². The molecule has 0 radical (unpaired) electrons. The van der Waals surface area contributed by atoms with E-state index in [1.807, 2.05) is 50.1 Å². The number of amides is 1. The first-order valence-electron chi connectivity index (χ1n) is 9.15. The second-order valence-electron chi connectivity index (χ2n) is 6.59. The van der Waals surface area contributed by atoms with Crippen molar-refractivity contribution in [1.29, 1.82) is 0 Å². The summed E-state index contributed by atoms with van der Waals surface area (Å²) in [5.74, 6) is 0.775. The van der Waals surface area contributed by atoms with Crippen LogP contribution in [0.1, 0.15) is 46.9 Å². The first-order valence-corrected chi connectivity index (χ1v) is 10.0. The number of aliphatic imine (C=N–C) groups is 1. The number of aromatic nitrogens is 1. The quantitative estimate of drug-likeness (QED) is 0.565. The van der Waals surface area contributed by atoms with E-state index in [9.17, 15) is 4.79 Å². The van der Waals surface area contributed by atoms with Crippen molar-refractivity contribution < 1.29 is 4.79 Å². The zero-order chi connectivity index (χ0) is 19.8. The Morgan fingerprint density at radius 1 is 1.33 bits per heavy atom. The summed E-state index contributed by atoms with van der Waals surface area (Å²) < 4.78 is 0. The number of hydrogen-bond acceptors (Lipinski definition) is 4. The third kappa shape index (κ3) is 6.36. The van der Waals surface area contributed by atoms with Crippen LogP contribution >= 0.6 is 11.3 Å². The average Bonchev–Trinajstić information content (AvgIpc) is 3.07. The topological polar surface area (TPSA) is 69.6 Å². The minimum absolute atomic E-state index is 0.0297. The van der Waals surface area contributed by atoms with Gasteiger partial charge in [-0.3, -0.25) is 9.79 Å². The third-order valence-corrected chi connectivity index (χ3v) is 5.12. The molecule has 0 aliphatic rings. The summed E-state index contributed by atoms with van der Waals surface area (Å²) in [6.07, 6.45) is 0.918. The van der Waals surface area contributed by atoms with E-state index < -0.39 is 0 Å². The molecule has 0 aliphatic heterocycles. The molecule has 1 unspecified atom stereocenters. The normalized spacial score (nSPS) is 12.6. The molecule has 1 atom stereocenters. The Kier molecular flexibility index (Phi) is 7.79. The zero-order valence-electron chi connectivity index (χ0n) is 16.7. The number of benzene rings is 1. The number of aryl methyl sites for hydroxylation is 1. The maximum absolute atomic E-state index is 12.1. The molecule has 6 nitrogen and oxygen atoms in total. The molecule has 0 aliphatic carbocycles. The molecule has 0 saturated carbocycles. The number of rotatable bonds is 7. The van der Waals surface area contributed by atoms with Crippen molar-refractivity contribution in [2.45, 2.75) is 46.3 Å². The van der Waals surface area contributed by atoms with E-state index in [4.69, 9.17) is 0 Å². The van der Waals surface area contributed by atoms with Crippen molar-refractivity contribution in [3.05, 3.63) is 51.5 Å². The van der Waals surface area contributed by atoms with Gasteiger partial charge in [-0.25, -0.2) is 4.98 Å². The first-order chi connectivity index (χ1) is 12.9. The number of nitrogens with zero attached hydrogens (tertiary/aromatic N) is 3. The highest BCUT2D eigenvalue weighted by atomic mass is 32.1. The summed E-state index contributed by atoms with van der Waals surface area (Å²) in [4.78, 5) is 23.0. The van der Waals surface area contributed by atoms with Crippen molar-refractivity contribution in [1.82, 2.24) is 20.5 Å². The molecule has 7 heteroatoms. The molecule has 0 spiro atoms. The van der Waals surface area contributed by atoms with Gasteiger partial charge in [0.15, 0.2) is 5.96 Å². The number of hydrogen-bond donors (Lipinski definition) is 2. The summed E-state index contributed by atoms with van der Waals surface area (Å²) in [5.41, 5.74) is 2.81. The number of nitrogens with one attached hydrogen (secondary N) is 2. The van der Waals surface area contributed by atoms with Gasteiger partial charge < -0.3 is 15.5 Å². The number of guanidine groups is 1. The Morgan fingerprint density at radius 2 is 2.04 bits per heavy atom. The minimum atomic E-state index is -0.0297. The van der Waals surface area contributed by atoms with Crippen molar-refractivity contribution in [3.8, 4) is 0 Å². The average molecular weight is 388 g/mol. The molecule has 0 bridgehead atoms. The monoisotopic (exact) mass is 387 g/mol. The zero-order valence-corrected chi connectivity index (χ0v) is 17.6. The largest absolute Gasteiger partial charge is 0.352 e. The van der Waals surface area contributed by atoms with Gasteiger partial charge in [0.05, 0.1) is 17.2 Å². The van der Waals surface area contributed by atoms with Gasteiger partial charge in [-0.2, -0.15) is 0 Å². The molecule has 1 aromatic carbocycles. The Balaban J connectivity index is 1.89. The van der Waals surface area contributed by atoms with Gasteiger partial charge >= 0.3 is 0 Å². The fraction of sp³-hybridized carbons (Fsp3) is 0.450. The Labute approximate surface area is 165 Å². The third-order valence-electron chi connectivity index (χ3n) is 4.30. The van der Waals surface area contributed by atoms with E-state index >= 15 is 0 Å². The van der Waals surface area contributed by atoms with Gasteiger partial charge in [0.1, 0.15) is 0 Å². The summed E-state index contributed by atoms with van der Waals surface area (Å²) in [5, 5.41) is 9.47. The lowest BCUT2D eigenvalue weighted by molar-refractivity contribution is 0.0939. The molecule has 1 heterocycles. The van der Waals surface area contributed by atoms with Gasteiger partial charge in [-0.1, -0.05) is 19.1 Å². The van der Waals surface area contributed by atoms with E-state index in [1.165, 1.54) is 0 Å². The van der Waals surface area contributed by atoms with Crippen molar-refractivity contribution in [3.63, 3.8) is 0 Å². The van der Waals surface area contributed by atoms with Crippen LogP contribution in [0, 0.1) is 6.92 Å². The van der Waals surface area contributed by atoms with Crippen LogP contribution in [0.15, 0.2) is 34.6 Å². The van der Waals surface area contributed by atoms with Crippen LogP contribution in [-0.2, 0) is 13.1 Å². The van der Waals surface area contributed by atoms with Crippen molar-refractivity contribution in [2.75, 3.05) is 14.1 Å². The van der Waals surface area contributed by atoms with Crippen LogP contribution in [0.3, 0.4) is 0 Å². The minimum Gasteiger partial charge on any atom is -0.352 e. The number of thiazole rings is 1. The fourth-order valence-corrected chi connectivity index (χ4v) is 3.15. The molecular formula is C20H29N5OS. The highest BCUT2D eigenvalue weighted by Crippen LogP contribution is 2.10. The number of carbonyl (C=O) groups excluding carboxylic acids is 1. The highest BCUT2D eigenvalue weighted by molar-refractivity contribution is 7.09. The molecule has 0 saturated heterocycles. The van der Waals surface area contributed by atoms with Crippen LogP contribution in [-0.4, -0.2) is 41.9 Å². The summed E-state index contributed by atoms with van der Waals surface area (Å²) in [6, 6.07) is 7.84. The van der Waals surface area contributed by atoms with Crippen molar-refractivity contribution in [2.24, 2.45) is 4.99 Å². The Bertz CT molecular complexity index is 769. The summed E-state index contributed by atoms with van der Waals surface area (Å²) >= 11 is 1.65. The van der Waals surface area contributed by atoms with Gasteiger partial charge in [0.25, 0.3) is 5.91 Å². The predicted molar refractivity (Wildman–Crippen MR) is 112 cm³/mol. The summed E-state index contributed by atoms with van der Waals surface area (Å²) in [6.45, 7) is 7.41. The highest BCUT2D eigenvalue weighted by Gasteiger charge is 2.10. The first kappa shape index (κ1) is 20.9. The van der Waals surface area contributed by atoms with Crippen LogP contribution < -0.4 is 10.6 Å². The van der Waals surface area contributed by atoms with Crippen LogP contribution in [0.2, 0.25) is 0 Å². The van der Waals surface area contributed by atoms with E-state index in [-0.39, 0.29) is 11.9 Å². The second kappa shape index (κ2) is 10.1. The van der Waals surface area contributed by atoms with Gasteiger partial charge in [0, 0.05) is 37.6 Å². The molecule has 146 valence electrons. The lowest BCUT2D eigenvalue weighted by Crippen LogP contribution is -2.38. The van der Waals surface area contributed by atoms with Crippen LogP contribution in [0.5, 0.6) is 0 Å². The van der Waals surface area contributed by atoms with E-state index in [1.54, 1.807) is 18.4 Å². The van der Waals surface area contributed by atoms with E-state index in [0.29, 0.717) is 18.7 Å². The van der Waals surface area contributed by atoms with Crippen molar-refractivity contribution >= 4 is 23.2 Å². The fourth-order valence-electron chi connectivity index (χ4n) is 2.55. The van der Waals surface area contributed by atoms with Gasteiger partial charge in [-0.05, 0) is 38.0 Å². The maximum atomic E-state index is 12.1. The lowest BCUT2D eigenvalue weighted by Gasteiger charge is -2.21. The molecular weight excluding hydrogens is 358 g/mol. The van der Waals surface area contributed by atoms with Crippen LogP contribution in [0.25, 0.3) is 0 Å². The predicted octanol–water partition coefficient (Wildman–Crippen LogP) is 3.19. The lowest BCUT2D eigenvalue weighted by atomic mass is 10.1. The Hall–Kier alpha value is -2.41. The number of carbonyl (C=O) groups is 1. The van der Waals surface area contributed by atoms with E-state index in [0.717, 1.165) is 28.6 Å². The molecule has 27 heavy (non-hydrogen) atoms. The van der Waals surface area contributed by atoms with Gasteiger partial charge in [0.2, 0.25) is 0 Å². The van der Waals surface area contributed by atoms with Crippen LogP contribution in [0.4, 0.5) is 0 Å². The summed E-state index contributed by atoms with van der Waals surface area (Å²) in [7, 11) is 3.76. The molecule has 2 N–H and O–H groups in total. The molecule has 1 amide bonds. The Morgan fingerprint density at radius 3 is 2.59 bits per heavy atom. The molecule has 2 aromatic rings.